The van der Waals surface area contributed by atoms with Crippen molar-refractivity contribution in [3.8, 4) is 33.6 Å². The topological polar surface area (TPSA) is 38.7 Å². The van der Waals surface area contributed by atoms with Gasteiger partial charge in [0.1, 0.15) is 0 Å². The minimum absolute atomic E-state index is 0.479. The highest BCUT2D eigenvalue weighted by Crippen LogP contribution is 2.58. The third-order valence-electron chi connectivity index (χ3n) is 12.2. The molecule has 0 bridgehead atoms. The molecule has 0 unspecified atom stereocenters. The lowest BCUT2D eigenvalue weighted by molar-refractivity contribution is 0.769. The average molecular weight is 724 g/mol. The van der Waals surface area contributed by atoms with E-state index in [1.54, 1.807) is 0 Å². The summed E-state index contributed by atoms with van der Waals surface area (Å²) >= 11 is 0. The molecule has 3 aromatic heterocycles. The number of pyridine rings is 3. The highest BCUT2D eigenvalue weighted by atomic mass is 14.8. The van der Waals surface area contributed by atoms with Gasteiger partial charge in [0.05, 0.1) is 33.4 Å². The van der Waals surface area contributed by atoms with Gasteiger partial charge in [0.25, 0.3) is 0 Å². The van der Waals surface area contributed by atoms with Crippen molar-refractivity contribution in [2.45, 2.75) is 5.41 Å². The van der Waals surface area contributed by atoms with Crippen LogP contribution in [0.3, 0.4) is 0 Å². The van der Waals surface area contributed by atoms with E-state index >= 15 is 0 Å². The van der Waals surface area contributed by atoms with Crippen molar-refractivity contribution >= 4 is 54.3 Å². The maximum atomic E-state index is 5.62. The molecule has 57 heavy (non-hydrogen) atoms. The van der Waals surface area contributed by atoms with E-state index < -0.39 is 5.41 Å². The molecule has 3 heterocycles. The van der Waals surface area contributed by atoms with Gasteiger partial charge in [-0.15, -0.1) is 0 Å². The van der Waals surface area contributed by atoms with Gasteiger partial charge in [0.15, 0.2) is 0 Å². The summed E-state index contributed by atoms with van der Waals surface area (Å²) < 4.78 is 0. The van der Waals surface area contributed by atoms with Crippen LogP contribution in [0.25, 0.3) is 87.9 Å². The van der Waals surface area contributed by atoms with Crippen LogP contribution in [0.15, 0.2) is 200 Å². The normalized spacial score (nSPS) is 13.1. The largest absolute Gasteiger partial charge is 0.254 e. The molecule has 8 aromatic carbocycles. The summed E-state index contributed by atoms with van der Waals surface area (Å²) in [5.74, 6) is 0. The predicted octanol–water partition coefficient (Wildman–Crippen LogP) is 13.3. The molecule has 0 radical (unpaired) electrons. The van der Waals surface area contributed by atoms with Crippen LogP contribution in [0.1, 0.15) is 22.3 Å². The lowest BCUT2D eigenvalue weighted by Gasteiger charge is -2.34. The van der Waals surface area contributed by atoms with Crippen molar-refractivity contribution < 1.29 is 0 Å². The summed E-state index contributed by atoms with van der Waals surface area (Å²) in [5, 5.41) is 7.97. The fourth-order valence-corrected chi connectivity index (χ4v) is 9.78. The van der Waals surface area contributed by atoms with Gasteiger partial charge in [-0.05, 0) is 67.7 Å². The molecule has 0 saturated heterocycles. The predicted molar refractivity (Wildman–Crippen MR) is 236 cm³/mol. The molecule has 0 atom stereocenters. The molecule has 3 heteroatoms. The number of hydrogen-bond donors (Lipinski definition) is 0. The van der Waals surface area contributed by atoms with E-state index in [4.69, 9.17) is 15.0 Å². The number of fused-ring (bicyclic) bond motifs is 11. The molecule has 0 amide bonds. The highest BCUT2D eigenvalue weighted by molar-refractivity contribution is 6.20. The zero-order valence-electron chi connectivity index (χ0n) is 30.9. The van der Waals surface area contributed by atoms with Crippen molar-refractivity contribution in [1.29, 1.82) is 0 Å². The highest BCUT2D eigenvalue weighted by Gasteiger charge is 2.46. The number of rotatable bonds is 4. The number of benzene rings is 8. The summed E-state index contributed by atoms with van der Waals surface area (Å²) in [6.45, 7) is 0. The standard InChI is InChI=1S/C54H33N3/c1-3-15-36(16-4-1)54(37-17-5-2-6-18-37)45-24-12-11-23-44(45)49-46(54)30-32-48-50(49)41-21-9-10-22-42(41)53(57-48)43-29-28-40(38-19-7-8-20-39(38)43)47-31-27-35-26-25-34-14-13-33-55-51(34)52(35)56-47/h1-33H. The molecular weight excluding hydrogens is 691 g/mol. The van der Waals surface area contributed by atoms with Crippen LogP contribution in [0.4, 0.5) is 0 Å². The van der Waals surface area contributed by atoms with Gasteiger partial charge in [-0.2, -0.15) is 0 Å². The first-order valence-corrected chi connectivity index (χ1v) is 19.5. The van der Waals surface area contributed by atoms with Crippen LogP contribution in [-0.4, -0.2) is 15.0 Å². The summed E-state index contributed by atoms with van der Waals surface area (Å²) in [6, 6.07) is 70.1. The van der Waals surface area contributed by atoms with E-state index in [-0.39, 0.29) is 0 Å². The summed E-state index contributed by atoms with van der Waals surface area (Å²) in [7, 11) is 0. The van der Waals surface area contributed by atoms with Crippen molar-refractivity contribution in [1.82, 2.24) is 15.0 Å². The van der Waals surface area contributed by atoms with E-state index in [1.807, 2.05) is 12.3 Å². The molecule has 0 saturated carbocycles. The molecule has 0 N–H and O–H groups in total. The van der Waals surface area contributed by atoms with Gasteiger partial charge < -0.3 is 0 Å². The van der Waals surface area contributed by atoms with Gasteiger partial charge in [-0.1, -0.05) is 176 Å². The van der Waals surface area contributed by atoms with E-state index in [0.29, 0.717) is 0 Å². The van der Waals surface area contributed by atoms with E-state index in [1.165, 1.54) is 44.2 Å². The molecule has 1 aliphatic carbocycles. The Morgan fingerprint density at radius 2 is 0.982 bits per heavy atom. The molecule has 3 nitrogen and oxygen atoms in total. The van der Waals surface area contributed by atoms with Crippen LogP contribution in [0.2, 0.25) is 0 Å². The maximum Gasteiger partial charge on any atom is 0.0972 e. The van der Waals surface area contributed by atoms with E-state index in [9.17, 15) is 0 Å². The third kappa shape index (κ3) is 4.51. The van der Waals surface area contributed by atoms with E-state index in [0.717, 1.165) is 66.0 Å². The molecule has 1 aliphatic rings. The fraction of sp³-hybridized carbons (Fsp3) is 0.0185. The van der Waals surface area contributed by atoms with Crippen LogP contribution >= 0.6 is 0 Å². The molecule has 12 rings (SSSR count). The molecule has 11 aromatic rings. The first-order valence-electron chi connectivity index (χ1n) is 19.5. The van der Waals surface area contributed by atoms with Crippen molar-refractivity contribution in [2.75, 3.05) is 0 Å². The minimum Gasteiger partial charge on any atom is -0.254 e. The van der Waals surface area contributed by atoms with Crippen LogP contribution in [-0.2, 0) is 5.41 Å². The van der Waals surface area contributed by atoms with Crippen LogP contribution < -0.4 is 0 Å². The lowest BCUT2D eigenvalue weighted by atomic mass is 9.67. The Morgan fingerprint density at radius 3 is 1.75 bits per heavy atom. The fourth-order valence-electron chi connectivity index (χ4n) is 9.78. The second-order valence-electron chi connectivity index (χ2n) is 15.0. The Hall–Kier alpha value is -7.49. The second kappa shape index (κ2) is 12.3. The van der Waals surface area contributed by atoms with E-state index in [2.05, 4.69) is 188 Å². The first kappa shape index (κ1) is 31.8. The molecule has 0 spiro atoms. The Labute approximate surface area is 329 Å². The Morgan fingerprint density at radius 1 is 0.368 bits per heavy atom. The Bertz CT molecular complexity index is 3370. The number of nitrogens with zero attached hydrogens (tertiary/aromatic N) is 3. The van der Waals surface area contributed by atoms with Crippen LogP contribution in [0.5, 0.6) is 0 Å². The SMILES string of the molecule is c1ccc(C2(c3ccccc3)c3ccccc3-c3c2ccc2nc(-c4ccc(-c5ccc6ccc7cccnc7c6n5)c5ccccc45)c4ccccc4c32)cc1. The Balaban J connectivity index is 1.11. The third-order valence-corrected chi connectivity index (χ3v) is 12.2. The molecule has 0 aliphatic heterocycles. The average Bonchev–Trinajstić information content (AvgIpc) is 3.60. The summed E-state index contributed by atoms with van der Waals surface area (Å²) in [6.07, 6.45) is 1.84. The van der Waals surface area contributed by atoms with Crippen molar-refractivity contribution in [3.05, 3.63) is 223 Å². The number of aromatic nitrogens is 3. The van der Waals surface area contributed by atoms with Gasteiger partial charge in [0, 0.05) is 38.9 Å². The zero-order valence-corrected chi connectivity index (χ0v) is 30.9. The summed E-state index contributed by atoms with van der Waals surface area (Å²) in [5.41, 5.74) is 14.0. The molecular formula is C54H33N3. The summed E-state index contributed by atoms with van der Waals surface area (Å²) in [4.78, 5) is 15.6. The van der Waals surface area contributed by atoms with Gasteiger partial charge in [-0.25, -0.2) is 9.97 Å². The Kier molecular flexibility index (Phi) is 6.84. The smallest absolute Gasteiger partial charge is 0.0972 e. The monoisotopic (exact) mass is 723 g/mol. The minimum atomic E-state index is -0.479. The molecule has 0 fully saturated rings. The first-order chi connectivity index (χ1) is 28.3. The lowest BCUT2D eigenvalue weighted by Crippen LogP contribution is -2.28. The van der Waals surface area contributed by atoms with Crippen molar-refractivity contribution in [2.24, 2.45) is 0 Å². The second-order valence-corrected chi connectivity index (χ2v) is 15.0. The maximum absolute atomic E-state index is 5.62. The van der Waals surface area contributed by atoms with Gasteiger partial charge in [-0.3, -0.25) is 4.98 Å². The van der Waals surface area contributed by atoms with Crippen molar-refractivity contribution in [3.63, 3.8) is 0 Å². The van der Waals surface area contributed by atoms with Gasteiger partial charge in [0.2, 0.25) is 0 Å². The number of hydrogen-bond acceptors (Lipinski definition) is 3. The quantitative estimate of drug-likeness (QED) is 0.170. The van der Waals surface area contributed by atoms with Gasteiger partial charge >= 0.3 is 0 Å². The zero-order chi connectivity index (χ0) is 37.5. The van der Waals surface area contributed by atoms with Crippen LogP contribution in [0, 0.1) is 0 Å². The molecule has 264 valence electrons.